The molecular formula is C11H12N4O4. The molecule has 8 nitrogen and oxygen atoms in total. The normalized spacial score (nSPS) is 12.3. The van der Waals surface area contributed by atoms with Crippen LogP contribution in [0.2, 0.25) is 0 Å². The molecular weight excluding hydrogens is 252 g/mol. The van der Waals surface area contributed by atoms with E-state index in [9.17, 15) is 9.59 Å². The quantitative estimate of drug-likeness (QED) is 0.657. The molecule has 0 saturated heterocycles. The second-order valence-electron chi connectivity index (χ2n) is 3.84. The lowest BCUT2D eigenvalue weighted by Gasteiger charge is -2.12. The Morgan fingerprint density at radius 1 is 1.42 bits per heavy atom. The Morgan fingerprint density at radius 3 is 2.89 bits per heavy atom. The number of hydrogen-bond acceptors (Lipinski definition) is 5. The molecule has 1 unspecified atom stereocenters. The Balaban J connectivity index is 2.22. The van der Waals surface area contributed by atoms with Gasteiger partial charge >= 0.3 is 5.97 Å². The van der Waals surface area contributed by atoms with Gasteiger partial charge < -0.3 is 15.5 Å². The number of carboxylic acid groups (broad SMARTS) is 1. The molecule has 0 aliphatic heterocycles. The summed E-state index contributed by atoms with van der Waals surface area (Å²) in [5.74, 6) is -1.76. The number of amides is 1. The SMILES string of the molecule is O=C(NC(CCO)C(=O)O)c1cnn2ccncc12. The first-order chi connectivity index (χ1) is 9.13. The number of carbonyl (C=O) groups is 2. The number of aromatic nitrogens is 3. The van der Waals surface area contributed by atoms with E-state index in [0.717, 1.165) is 0 Å². The average Bonchev–Trinajstić information content (AvgIpc) is 2.81. The van der Waals surface area contributed by atoms with Gasteiger partial charge in [0, 0.05) is 25.4 Å². The Kier molecular flexibility index (Phi) is 3.71. The number of aliphatic hydroxyl groups is 1. The highest BCUT2D eigenvalue weighted by molar-refractivity contribution is 6.01. The fourth-order valence-corrected chi connectivity index (χ4v) is 1.63. The van der Waals surface area contributed by atoms with Crippen molar-refractivity contribution in [3.63, 3.8) is 0 Å². The van der Waals surface area contributed by atoms with Crippen molar-refractivity contribution >= 4 is 17.4 Å². The van der Waals surface area contributed by atoms with Crippen LogP contribution in [-0.2, 0) is 4.79 Å². The largest absolute Gasteiger partial charge is 0.480 e. The van der Waals surface area contributed by atoms with Gasteiger partial charge in [0.15, 0.2) is 0 Å². The fourth-order valence-electron chi connectivity index (χ4n) is 1.63. The molecule has 0 radical (unpaired) electrons. The second-order valence-corrected chi connectivity index (χ2v) is 3.84. The van der Waals surface area contributed by atoms with Crippen LogP contribution in [-0.4, -0.2) is 49.3 Å². The van der Waals surface area contributed by atoms with E-state index in [-0.39, 0.29) is 18.6 Å². The summed E-state index contributed by atoms with van der Waals surface area (Å²) in [5.41, 5.74) is 0.713. The molecule has 2 aromatic heterocycles. The molecule has 1 atom stereocenters. The van der Waals surface area contributed by atoms with E-state index < -0.39 is 17.9 Å². The Hall–Kier alpha value is -2.48. The molecule has 0 aliphatic carbocycles. The molecule has 100 valence electrons. The van der Waals surface area contributed by atoms with Crippen molar-refractivity contribution in [1.82, 2.24) is 19.9 Å². The van der Waals surface area contributed by atoms with Crippen LogP contribution in [0.15, 0.2) is 24.8 Å². The van der Waals surface area contributed by atoms with Gasteiger partial charge in [0.2, 0.25) is 0 Å². The highest BCUT2D eigenvalue weighted by Gasteiger charge is 2.21. The van der Waals surface area contributed by atoms with Gasteiger partial charge in [-0.15, -0.1) is 0 Å². The molecule has 2 aromatic rings. The standard InChI is InChI=1S/C11H12N4O4/c16-4-1-8(11(18)19)14-10(17)7-5-13-15-3-2-12-6-9(7)15/h2-3,5-6,8,16H,1,4H2,(H,14,17)(H,18,19). The molecule has 0 aromatic carbocycles. The maximum atomic E-state index is 12.0. The first-order valence-corrected chi connectivity index (χ1v) is 5.55. The summed E-state index contributed by atoms with van der Waals surface area (Å²) in [6.45, 7) is -0.326. The smallest absolute Gasteiger partial charge is 0.326 e. The number of carbonyl (C=O) groups excluding carboxylic acids is 1. The van der Waals surface area contributed by atoms with Crippen LogP contribution in [0, 0.1) is 0 Å². The van der Waals surface area contributed by atoms with Crippen molar-refractivity contribution in [3.05, 3.63) is 30.4 Å². The highest BCUT2D eigenvalue weighted by atomic mass is 16.4. The molecule has 3 N–H and O–H groups in total. The van der Waals surface area contributed by atoms with Gasteiger partial charge in [0.1, 0.15) is 6.04 Å². The summed E-state index contributed by atoms with van der Waals surface area (Å²) >= 11 is 0. The van der Waals surface area contributed by atoms with E-state index in [4.69, 9.17) is 10.2 Å². The summed E-state index contributed by atoms with van der Waals surface area (Å²) in [6.07, 6.45) is 5.84. The van der Waals surface area contributed by atoms with Crippen molar-refractivity contribution in [2.24, 2.45) is 0 Å². The van der Waals surface area contributed by atoms with Crippen LogP contribution < -0.4 is 5.32 Å². The highest BCUT2D eigenvalue weighted by Crippen LogP contribution is 2.09. The minimum atomic E-state index is -1.20. The number of nitrogens with zero attached hydrogens (tertiary/aromatic N) is 3. The summed E-state index contributed by atoms with van der Waals surface area (Å²) in [5, 5.41) is 24.0. The molecule has 0 spiro atoms. The Morgan fingerprint density at radius 2 is 2.21 bits per heavy atom. The van der Waals surface area contributed by atoms with Crippen LogP contribution in [0.25, 0.3) is 5.52 Å². The van der Waals surface area contributed by atoms with Gasteiger partial charge in [-0.3, -0.25) is 9.78 Å². The third-order valence-corrected chi connectivity index (χ3v) is 2.59. The molecule has 0 aliphatic rings. The maximum Gasteiger partial charge on any atom is 0.326 e. The molecule has 2 rings (SSSR count). The van der Waals surface area contributed by atoms with E-state index in [1.54, 1.807) is 6.20 Å². The molecule has 0 saturated carbocycles. The Labute approximate surface area is 107 Å². The number of aliphatic hydroxyl groups excluding tert-OH is 1. The van der Waals surface area contributed by atoms with Crippen LogP contribution in [0.5, 0.6) is 0 Å². The predicted octanol–water partition coefficient (Wildman–Crippen LogP) is -0.705. The number of rotatable bonds is 5. The summed E-state index contributed by atoms with van der Waals surface area (Å²) in [6, 6.07) is -1.14. The molecule has 8 heteroatoms. The summed E-state index contributed by atoms with van der Waals surface area (Å²) < 4.78 is 1.46. The number of hydrogen-bond donors (Lipinski definition) is 3. The number of fused-ring (bicyclic) bond motifs is 1. The zero-order valence-electron chi connectivity index (χ0n) is 9.85. The summed E-state index contributed by atoms with van der Waals surface area (Å²) in [7, 11) is 0. The van der Waals surface area contributed by atoms with Gasteiger partial charge in [-0.25, -0.2) is 9.31 Å². The zero-order chi connectivity index (χ0) is 13.8. The Bertz CT molecular complexity index is 610. The van der Waals surface area contributed by atoms with E-state index >= 15 is 0 Å². The van der Waals surface area contributed by atoms with Crippen molar-refractivity contribution in [2.75, 3.05) is 6.61 Å². The first-order valence-electron chi connectivity index (χ1n) is 5.55. The second kappa shape index (κ2) is 5.44. The lowest BCUT2D eigenvalue weighted by molar-refractivity contribution is -0.139. The average molecular weight is 264 g/mol. The van der Waals surface area contributed by atoms with Gasteiger partial charge in [0.05, 0.1) is 23.5 Å². The van der Waals surface area contributed by atoms with E-state index in [1.807, 2.05) is 0 Å². The van der Waals surface area contributed by atoms with Crippen LogP contribution in [0.4, 0.5) is 0 Å². The van der Waals surface area contributed by atoms with Crippen LogP contribution in [0.1, 0.15) is 16.8 Å². The molecule has 2 heterocycles. The van der Waals surface area contributed by atoms with Crippen molar-refractivity contribution in [3.8, 4) is 0 Å². The monoisotopic (exact) mass is 264 g/mol. The number of carboxylic acids is 1. The van der Waals surface area contributed by atoms with Crippen molar-refractivity contribution in [2.45, 2.75) is 12.5 Å². The molecule has 0 fully saturated rings. The molecule has 0 bridgehead atoms. The molecule has 1 amide bonds. The van der Waals surface area contributed by atoms with Crippen LogP contribution in [0.3, 0.4) is 0 Å². The predicted molar refractivity (Wildman–Crippen MR) is 63.6 cm³/mol. The number of aliphatic carboxylic acids is 1. The fraction of sp³-hybridized carbons (Fsp3) is 0.273. The topological polar surface area (TPSA) is 117 Å². The lowest BCUT2D eigenvalue weighted by Crippen LogP contribution is -2.41. The maximum absolute atomic E-state index is 12.0. The van der Waals surface area contributed by atoms with E-state index in [1.165, 1.54) is 23.1 Å². The van der Waals surface area contributed by atoms with E-state index in [2.05, 4.69) is 15.4 Å². The minimum Gasteiger partial charge on any atom is -0.480 e. The third-order valence-electron chi connectivity index (χ3n) is 2.59. The van der Waals surface area contributed by atoms with Crippen molar-refractivity contribution < 1.29 is 19.8 Å². The number of nitrogens with one attached hydrogen (secondary N) is 1. The first kappa shape index (κ1) is 13.0. The van der Waals surface area contributed by atoms with E-state index in [0.29, 0.717) is 5.52 Å². The minimum absolute atomic E-state index is 0.0570. The van der Waals surface area contributed by atoms with Gasteiger partial charge in [-0.2, -0.15) is 5.10 Å². The van der Waals surface area contributed by atoms with Crippen LogP contribution >= 0.6 is 0 Å². The van der Waals surface area contributed by atoms with Gasteiger partial charge in [-0.05, 0) is 0 Å². The lowest BCUT2D eigenvalue weighted by atomic mass is 10.2. The van der Waals surface area contributed by atoms with Crippen molar-refractivity contribution in [1.29, 1.82) is 0 Å². The zero-order valence-corrected chi connectivity index (χ0v) is 9.85. The third kappa shape index (κ3) is 2.68. The summed E-state index contributed by atoms with van der Waals surface area (Å²) in [4.78, 5) is 26.8. The molecule has 19 heavy (non-hydrogen) atoms. The van der Waals surface area contributed by atoms with Gasteiger partial charge in [-0.1, -0.05) is 0 Å². The van der Waals surface area contributed by atoms with Gasteiger partial charge in [0.25, 0.3) is 5.91 Å².